The number of fused-ring (bicyclic) bond motifs is 1. The molecule has 1 atom stereocenters. The summed E-state index contributed by atoms with van der Waals surface area (Å²) in [5.41, 5.74) is 1.56. The number of esters is 2. The molecule has 1 fully saturated rings. The van der Waals surface area contributed by atoms with Gasteiger partial charge in [-0.1, -0.05) is 13.0 Å². The van der Waals surface area contributed by atoms with Gasteiger partial charge in [-0.3, -0.25) is 9.59 Å². The van der Waals surface area contributed by atoms with Gasteiger partial charge in [0.2, 0.25) is 0 Å². The van der Waals surface area contributed by atoms with Crippen LogP contribution in [0.3, 0.4) is 0 Å². The average molecular weight is 318 g/mol. The van der Waals surface area contributed by atoms with Crippen LogP contribution >= 0.6 is 0 Å². The fraction of sp³-hybridized carbons (Fsp3) is 0.556. The predicted octanol–water partition coefficient (Wildman–Crippen LogP) is 2.74. The Hall–Kier alpha value is -2.04. The van der Waals surface area contributed by atoms with Crippen LogP contribution in [0.25, 0.3) is 0 Å². The van der Waals surface area contributed by atoms with E-state index in [-0.39, 0.29) is 0 Å². The molecule has 0 radical (unpaired) electrons. The van der Waals surface area contributed by atoms with Crippen LogP contribution in [-0.4, -0.2) is 24.8 Å². The van der Waals surface area contributed by atoms with Gasteiger partial charge in [-0.2, -0.15) is 0 Å². The van der Waals surface area contributed by atoms with Crippen LogP contribution in [0.1, 0.15) is 44.7 Å². The van der Waals surface area contributed by atoms with Crippen molar-refractivity contribution < 1.29 is 23.8 Å². The number of aryl methyl sites for hydroxylation is 1. The summed E-state index contributed by atoms with van der Waals surface area (Å²) in [6.45, 7) is 5.14. The molecule has 23 heavy (non-hydrogen) atoms. The molecule has 3 rings (SSSR count). The van der Waals surface area contributed by atoms with E-state index in [9.17, 15) is 9.59 Å². The minimum absolute atomic E-state index is 0.497. The van der Waals surface area contributed by atoms with E-state index in [0.29, 0.717) is 6.42 Å². The summed E-state index contributed by atoms with van der Waals surface area (Å²) in [6.07, 6.45) is 2.21. The minimum atomic E-state index is -1.20. The van der Waals surface area contributed by atoms with Crippen molar-refractivity contribution in [2.24, 2.45) is 5.92 Å². The highest BCUT2D eigenvalue weighted by atomic mass is 16.7. The minimum Gasteiger partial charge on any atom is -0.497 e. The van der Waals surface area contributed by atoms with Crippen LogP contribution in [0.2, 0.25) is 0 Å². The Morgan fingerprint density at radius 1 is 1.22 bits per heavy atom. The summed E-state index contributed by atoms with van der Waals surface area (Å²) in [6, 6.07) is 5.85. The van der Waals surface area contributed by atoms with Crippen molar-refractivity contribution in [2.75, 3.05) is 7.11 Å². The van der Waals surface area contributed by atoms with Crippen LogP contribution in [0.4, 0.5) is 0 Å². The molecular weight excluding hydrogens is 296 g/mol. The summed E-state index contributed by atoms with van der Waals surface area (Å²) in [7, 11) is 1.61. The molecule has 0 spiro atoms. The summed E-state index contributed by atoms with van der Waals surface area (Å²) < 4.78 is 16.0. The van der Waals surface area contributed by atoms with Gasteiger partial charge >= 0.3 is 11.9 Å². The first kappa shape index (κ1) is 15.8. The Kier molecular flexibility index (Phi) is 3.62. The zero-order valence-corrected chi connectivity index (χ0v) is 14.0. The number of hydrogen-bond donors (Lipinski definition) is 0. The van der Waals surface area contributed by atoms with Crippen molar-refractivity contribution in [1.29, 1.82) is 0 Å². The smallest absolute Gasteiger partial charge is 0.324 e. The third-order valence-electron chi connectivity index (χ3n) is 5.04. The van der Waals surface area contributed by atoms with Crippen LogP contribution in [0.15, 0.2) is 18.2 Å². The van der Waals surface area contributed by atoms with Gasteiger partial charge < -0.3 is 14.2 Å². The molecule has 1 aliphatic carbocycles. The number of rotatable bonds is 3. The number of carbonyl (C=O) groups is 2. The molecule has 1 saturated heterocycles. The van der Waals surface area contributed by atoms with E-state index in [1.165, 1.54) is 0 Å². The van der Waals surface area contributed by atoms with Gasteiger partial charge in [-0.05, 0) is 42.5 Å². The molecule has 124 valence electrons. The Morgan fingerprint density at radius 3 is 2.43 bits per heavy atom. The number of hydrogen-bond acceptors (Lipinski definition) is 5. The fourth-order valence-electron chi connectivity index (χ4n) is 3.90. The van der Waals surface area contributed by atoms with Crippen LogP contribution in [-0.2, 0) is 30.9 Å². The SMILES string of the molecule is CC[C@]1(C2C(=O)OC(C)(C)OC2=O)CCc2ccc(OC)cc21. The maximum atomic E-state index is 12.6. The molecule has 5 heteroatoms. The molecule has 1 aliphatic heterocycles. The zero-order valence-electron chi connectivity index (χ0n) is 14.0. The van der Waals surface area contributed by atoms with Crippen LogP contribution in [0.5, 0.6) is 5.75 Å². The Bertz CT molecular complexity index is 643. The Balaban J connectivity index is 2.08. The third-order valence-corrected chi connectivity index (χ3v) is 5.04. The zero-order chi connectivity index (χ0) is 16.8. The number of benzene rings is 1. The lowest BCUT2D eigenvalue weighted by Gasteiger charge is -2.41. The van der Waals surface area contributed by atoms with Crippen molar-refractivity contribution in [3.63, 3.8) is 0 Å². The highest BCUT2D eigenvalue weighted by molar-refractivity contribution is 5.98. The second-order valence-electron chi connectivity index (χ2n) is 6.71. The molecule has 0 bridgehead atoms. The Morgan fingerprint density at radius 2 is 1.87 bits per heavy atom. The van der Waals surface area contributed by atoms with Crippen LogP contribution in [0, 0.1) is 5.92 Å². The average Bonchev–Trinajstić information content (AvgIpc) is 2.84. The molecular formula is C18H22O5. The fourth-order valence-corrected chi connectivity index (χ4v) is 3.90. The molecule has 0 N–H and O–H groups in total. The molecule has 1 aromatic rings. The topological polar surface area (TPSA) is 61.8 Å². The van der Waals surface area contributed by atoms with Crippen molar-refractivity contribution >= 4 is 11.9 Å². The maximum absolute atomic E-state index is 12.6. The summed E-state index contributed by atoms with van der Waals surface area (Å²) in [5.74, 6) is -2.39. The van der Waals surface area contributed by atoms with Gasteiger partial charge in [0, 0.05) is 19.3 Å². The summed E-state index contributed by atoms with van der Waals surface area (Å²) in [5, 5.41) is 0. The van der Waals surface area contributed by atoms with E-state index in [2.05, 4.69) is 0 Å². The van der Waals surface area contributed by atoms with E-state index in [1.807, 2.05) is 25.1 Å². The number of cyclic esters (lactones) is 2. The normalized spacial score (nSPS) is 26.4. The largest absolute Gasteiger partial charge is 0.497 e. The van der Waals surface area contributed by atoms with Crippen molar-refractivity contribution in [2.45, 2.75) is 51.2 Å². The lowest BCUT2D eigenvalue weighted by atomic mass is 9.68. The number of ether oxygens (including phenoxy) is 3. The highest BCUT2D eigenvalue weighted by Gasteiger charge is 2.56. The lowest BCUT2D eigenvalue weighted by molar-refractivity contribution is -0.243. The standard InChI is InChI=1S/C18H22O5/c1-5-18(14-15(19)22-17(2,3)23-16(14)20)9-8-11-6-7-12(21-4)10-13(11)18/h6-7,10,14H,5,8-9H2,1-4H3/t18-/m0/s1. The maximum Gasteiger partial charge on any atom is 0.324 e. The van der Waals surface area contributed by atoms with E-state index in [4.69, 9.17) is 14.2 Å². The number of carbonyl (C=O) groups excluding carboxylic acids is 2. The lowest BCUT2D eigenvalue weighted by Crippen LogP contribution is -2.53. The molecule has 2 aliphatic rings. The van der Waals surface area contributed by atoms with Gasteiger partial charge in [0.1, 0.15) is 5.75 Å². The second kappa shape index (κ2) is 5.25. The van der Waals surface area contributed by atoms with Gasteiger partial charge in [-0.25, -0.2) is 0 Å². The molecule has 1 aromatic carbocycles. The van der Waals surface area contributed by atoms with Crippen molar-refractivity contribution in [1.82, 2.24) is 0 Å². The summed E-state index contributed by atoms with van der Waals surface area (Å²) in [4.78, 5) is 25.2. The molecule has 0 amide bonds. The van der Waals surface area contributed by atoms with E-state index < -0.39 is 29.1 Å². The monoisotopic (exact) mass is 318 g/mol. The van der Waals surface area contributed by atoms with Gasteiger partial charge in [0.25, 0.3) is 5.79 Å². The molecule has 0 unspecified atom stereocenters. The molecule has 0 aromatic heterocycles. The van der Waals surface area contributed by atoms with E-state index >= 15 is 0 Å². The summed E-state index contributed by atoms with van der Waals surface area (Å²) >= 11 is 0. The van der Waals surface area contributed by atoms with Crippen molar-refractivity contribution in [3.8, 4) is 5.75 Å². The highest BCUT2D eigenvalue weighted by Crippen LogP contribution is 2.50. The molecule has 5 nitrogen and oxygen atoms in total. The van der Waals surface area contributed by atoms with Gasteiger partial charge in [0.05, 0.1) is 7.11 Å². The number of methoxy groups -OCH3 is 1. The predicted molar refractivity (Wildman–Crippen MR) is 83.0 cm³/mol. The first-order chi connectivity index (χ1) is 10.8. The second-order valence-corrected chi connectivity index (χ2v) is 6.71. The van der Waals surface area contributed by atoms with Crippen molar-refractivity contribution in [3.05, 3.63) is 29.3 Å². The molecule has 0 saturated carbocycles. The third kappa shape index (κ3) is 2.38. The van der Waals surface area contributed by atoms with Gasteiger partial charge in [-0.15, -0.1) is 0 Å². The van der Waals surface area contributed by atoms with E-state index in [1.54, 1.807) is 21.0 Å². The quantitative estimate of drug-likeness (QED) is 0.633. The van der Waals surface area contributed by atoms with Gasteiger partial charge in [0.15, 0.2) is 5.92 Å². The first-order valence-electron chi connectivity index (χ1n) is 7.96. The molecule has 1 heterocycles. The van der Waals surface area contributed by atoms with Crippen LogP contribution < -0.4 is 4.74 Å². The Labute approximate surface area is 135 Å². The van der Waals surface area contributed by atoms with E-state index in [0.717, 1.165) is 29.7 Å². The first-order valence-corrected chi connectivity index (χ1v) is 7.96.